The largest absolute Gasteiger partial charge is 0.481 e. The van der Waals surface area contributed by atoms with E-state index in [0.29, 0.717) is 12.5 Å². The first-order valence-corrected chi connectivity index (χ1v) is 7.66. The monoisotopic (exact) mass is 284 g/mol. The van der Waals surface area contributed by atoms with Gasteiger partial charge in [-0.05, 0) is 46.0 Å². The van der Waals surface area contributed by atoms with Crippen LogP contribution >= 0.6 is 0 Å². The van der Waals surface area contributed by atoms with Crippen LogP contribution < -0.4 is 5.32 Å². The summed E-state index contributed by atoms with van der Waals surface area (Å²) in [4.78, 5) is 25.0. The number of rotatable bonds is 6. The van der Waals surface area contributed by atoms with Crippen molar-refractivity contribution in [2.75, 3.05) is 6.54 Å². The maximum atomic E-state index is 12.4. The van der Waals surface area contributed by atoms with E-state index in [0.717, 1.165) is 32.2 Å². The molecular formula is C15H28N2O3. The molecule has 0 aromatic heterocycles. The lowest BCUT2D eigenvalue weighted by Crippen LogP contribution is -2.54. The highest BCUT2D eigenvalue weighted by molar-refractivity contribution is 5.75. The summed E-state index contributed by atoms with van der Waals surface area (Å²) in [5, 5.41) is 11.7. The summed E-state index contributed by atoms with van der Waals surface area (Å²) in [6.45, 7) is 6.71. The van der Waals surface area contributed by atoms with Crippen LogP contribution in [0.5, 0.6) is 0 Å². The van der Waals surface area contributed by atoms with Crippen LogP contribution in [0.2, 0.25) is 0 Å². The van der Waals surface area contributed by atoms with Crippen molar-refractivity contribution in [3.05, 3.63) is 0 Å². The van der Waals surface area contributed by atoms with Gasteiger partial charge in [0.2, 0.25) is 0 Å². The van der Waals surface area contributed by atoms with E-state index in [4.69, 9.17) is 5.11 Å². The number of carbonyl (C=O) groups is 2. The van der Waals surface area contributed by atoms with Gasteiger partial charge in [-0.3, -0.25) is 4.79 Å². The molecule has 116 valence electrons. The highest BCUT2D eigenvalue weighted by Gasteiger charge is 2.29. The molecule has 0 aromatic carbocycles. The third kappa shape index (κ3) is 5.39. The van der Waals surface area contributed by atoms with Crippen LogP contribution in [0.3, 0.4) is 0 Å². The summed E-state index contributed by atoms with van der Waals surface area (Å²) in [6.07, 6.45) is 5.97. The fourth-order valence-electron chi connectivity index (χ4n) is 2.74. The predicted molar refractivity (Wildman–Crippen MR) is 78.7 cm³/mol. The summed E-state index contributed by atoms with van der Waals surface area (Å²) >= 11 is 0. The zero-order valence-corrected chi connectivity index (χ0v) is 12.9. The van der Waals surface area contributed by atoms with E-state index in [1.807, 2.05) is 18.7 Å². The van der Waals surface area contributed by atoms with Crippen LogP contribution in [-0.4, -0.2) is 40.1 Å². The molecule has 0 aromatic rings. The zero-order valence-electron chi connectivity index (χ0n) is 12.9. The summed E-state index contributed by atoms with van der Waals surface area (Å²) < 4.78 is 0. The first-order valence-electron chi connectivity index (χ1n) is 7.66. The second-order valence-corrected chi connectivity index (χ2v) is 6.34. The number of hydrogen-bond acceptors (Lipinski definition) is 2. The number of nitrogens with one attached hydrogen (secondary N) is 1. The fourth-order valence-corrected chi connectivity index (χ4v) is 2.74. The molecule has 0 aliphatic carbocycles. The van der Waals surface area contributed by atoms with Gasteiger partial charge in [0, 0.05) is 24.5 Å². The smallest absolute Gasteiger partial charge is 0.318 e. The van der Waals surface area contributed by atoms with Crippen molar-refractivity contribution in [3.63, 3.8) is 0 Å². The number of amides is 2. The molecule has 1 fully saturated rings. The van der Waals surface area contributed by atoms with Crippen molar-refractivity contribution in [2.24, 2.45) is 0 Å². The van der Waals surface area contributed by atoms with Gasteiger partial charge in [0.05, 0.1) is 0 Å². The van der Waals surface area contributed by atoms with Crippen LogP contribution in [0, 0.1) is 0 Å². The Balaban J connectivity index is 2.56. The second-order valence-electron chi connectivity index (χ2n) is 6.34. The van der Waals surface area contributed by atoms with Gasteiger partial charge in [-0.25, -0.2) is 4.79 Å². The van der Waals surface area contributed by atoms with E-state index in [2.05, 4.69) is 12.2 Å². The molecule has 1 aliphatic rings. The first kappa shape index (κ1) is 16.8. The molecule has 20 heavy (non-hydrogen) atoms. The Hall–Kier alpha value is -1.26. The number of carbonyl (C=O) groups excluding carboxylic acids is 1. The maximum Gasteiger partial charge on any atom is 0.318 e. The number of urea groups is 1. The molecule has 5 heteroatoms. The van der Waals surface area contributed by atoms with Crippen LogP contribution in [0.25, 0.3) is 0 Å². The third-order valence-electron chi connectivity index (χ3n) is 3.92. The highest BCUT2D eigenvalue weighted by atomic mass is 16.4. The minimum absolute atomic E-state index is 0.0430. The van der Waals surface area contributed by atoms with Crippen molar-refractivity contribution in [1.82, 2.24) is 10.2 Å². The molecule has 5 nitrogen and oxygen atoms in total. The molecule has 1 atom stereocenters. The van der Waals surface area contributed by atoms with Crippen molar-refractivity contribution in [2.45, 2.75) is 77.3 Å². The summed E-state index contributed by atoms with van der Waals surface area (Å²) in [7, 11) is 0. The van der Waals surface area contributed by atoms with Crippen LogP contribution in [-0.2, 0) is 4.79 Å². The van der Waals surface area contributed by atoms with Crippen LogP contribution in [0.15, 0.2) is 0 Å². The minimum Gasteiger partial charge on any atom is -0.481 e. The standard InChI is InChI=1S/C15H28N2O3/c1-4-7-12-8-5-6-11-17(12)14(20)16-15(2,3)10-9-13(18)19/h12H,4-11H2,1-3H3,(H,16,20)(H,18,19). The number of piperidine rings is 1. The molecule has 1 saturated heterocycles. The SMILES string of the molecule is CCCC1CCCCN1C(=O)NC(C)(C)CCC(=O)O. The van der Waals surface area contributed by atoms with Gasteiger partial charge in [-0.1, -0.05) is 13.3 Å². The van der Waals surface area contributed by atoms with Crippen LogP contribution in [0.4, 0.5) is 4.79 Å². The topological polar surface area (TPSA) is 69.6 Å². The molecule has 0 bridgehead atoms. The fraction of sp³-hybridized carbons (Fsp3) is 0.867. The normalized spacial score (nSPS) is 19.8. The lowest BCUT2D eigenvalue weighted by molar-refractivity contribution is -0.137. The van der Waals surface area contributed by atoms with Gasteiger partial charge in [0.1, 0.15) is 0 Å². The average molecular weight is 284 g/mol. The van der Waals surface area contributed by atoms with E-state index >= 15 is 0 Å². The van der Waals surface area contributed by atoms with Crippen molar-refractivity contribution < 1.29 is 14.7 Å². The molecule has 1 heterocycles. The van der Waals surface area contributed by atoms with Gasteiger partial charge in [0.25, 0.3) is 0 Å². The number of carboxylic acid groups (broad SMARTS) is 1. The van der Waals surface area contributed by atoms with E-state index in [1.165, 1.54) is 6.42 Å². The second kappa shape index (κ2) is 7.50. The Morgan fingerprint density at radius 3 is 2.65 bits per heavy atom. The van der Waals surface area contributed by atoms with Gasteiger partial charge >= 0.3 is 12.0 Å². The highest BCUT2D eigenvalue weighted by Crippen LogP contribution is 2.22. The lowest BCUT2D eigenvalue weighted by atomic mass is 9.97. The Kier molecular flexibility index (Phi) is 6.30. The van der Waals surface area contributed by atoms with Gasteiger partial charge in [-0.2, -0.15) is 0 Å². The lowest BCUT2D eigenvalue weighted by Gasteiger charge is -2.38. The van der Waals surface area contributed by atoms with Crippen molar-refractivity contribution >= 4 is 12.0 Å². The molecule has 1 rings (SSSR count). The van der Waals surface area contributed by atoms with Gasteiger partial charge in [0.15, 0.2) is 0 Å². The summed E-state index contributed by atoms with van der Waals surface area (Å²) in [5.74, 6) is -0.825. The average Bonchev–Trinajstić information content (AvgIpc) is 2.37. The van der Waals surface area contributed by atoms with Crippen molar-refractivity contribution in [1.29, 1.82) is 0 Å². The number of aliphatic carboxylic acids is 1. The zero-order chi connectivity index (χ0) is 15.2. The Bertz CT molecular complexity index is 340. The summed E-state index contributed by atoms with van der Waals surface area (Å²) in [6, 6.07) is 0.294. The van der Waals surface area contributed by atoms with E-state index in [1.54, 1.807) is 0 Å². The Morgan fingerprint density at radius 2 is 2.05 bits per heavy atom. The molecule has 1 unspecified atom stereocenters. The Morgan fingerprint density at radius 1 is 1.35 bits per heavy atom. The summed E-state index contributed by atoms with van der Waals surface area (Å²) in [5.41, 5.74) is -0.482. The number of hydrogen-bond donors (Lipinski definition) is 2. The van der Waals surface area contributed by atoms with Gasteiger partial charge < -0.3 is 15.3 Å². The van der Waals surface area contributed by atoms with E-state index < -0.39 is 11.5 Å². The molecular weight excluding hydrogens is 256 g/mol. The predicted octanol–water partition coefficient (Wildman–Crippen LogP) is 2.99. The number of nitrogens with zero attached hydrogens (tertiary/aromatic N) is 1. The molecule has 0 radical (unpaired) electrons. The number of carboxylic acids is 1. The molecule has 1 aliphatic heterocycles. The molecule has 0 spiro atoms. The van der Waals surface area contributed by atoms with E-state index in [9.17, 15) is 9.59 Å². The van der Waals surface area contributed by atoms with Crippen molar-refractivity contribution in [3.8, 4) is 0 Å². The quantitative estimate of drug-likeness (QED) is 0.787. The molecule has 2 amide bonds. The molecule has 0 saturated carbocycles. The van der Waals surface area contributed by atoms with Crippen LogP contribution in [0.1, 0.15) is 65.7 Å². The van der Waals surface area contributed by atoms with E-state index in [-0.39, 0.29) is 12.5 Å². The number of likely N-dealkylation sites (tertiary alicyclic amines) is 1. The maximum absolute atomic E-state index is 12.4. The Labute approximate surface area is 121 Å². The first-order chi connectivity index (χ1) is 9.35. The minimum atomic E-state index is -0.825. The molecule has 2 N–H and O–H groups in total. The third-order valence-corrected chi connectivity index (χ3v) is 3.92. The van der Waals surface area contributed by atoms with Gasteiger partial charge in [-0.15, -0.1) is 0 Å².